The van der Waals surface area contributed by atoms with Gasteiger partial charge in [0.2, 0.25) is 5.91 Å². The highest BCUT2D eigenvalue weighted by atomic mass is 35.5. The highest BCUT2D eigenvalue weighted by molar-refractivity contribution is 8.00. The van der Waals surface area contributed by atoms with Crippen molar-refractivity contribution in [2.45, 2.75) is 18.8 Å². The van der Waals surface area contributed by atoms with Gasteiger partial charge in [-0.1, -0.05) is 23.7 Å². The van der Waals surface area contributed by atoms with Crippen molar-refractivity contribution in [2.75, 3.05) is 5.75 Å². The lowest BCUT2D eigenvalue weighted by Crippen LogP contribution is -2.28. The maximum absolute atomic E-state index is 12.1. The second-order valence-corrected chi connectivity index (χ2v) is 6.39. The number of thioether (sulfide) groups is 1. The van der Waals surface area contributed by atoms with Crippen LogP contribution in [-0.2, 0) is 11.3 Å². The van der Waals surface area contributed by atoms with Crippen molar-refractivity contribution in [2.24, 2.45) is 0 Å². The maximum Gasteiger partial charge on any atom is 0.234 e. The lowest BCUT2D eigenvalue weighted by Gasteiger charge is -2.24. The molecule has 0 N–H and O–H groups in total. The average Bonchev–Trinajstić information content (AvgIpc) is 2.83. The van der Waals surface area contributed by atoms with Gasteiger partial charge in [0, 0.05) is 11.2 Å². The summed E-state index contributed by atoms with van der Waals surface area (Å²) in [6, 6.07) is 7.65. The van der Waals surface area contributed by atoms with Crippen LogP contribution in [0.1, 0.15) is 22.3 Å². The van der Waals surface area contributed by atoms with Gasteiger partial charge in [-0.25, -0.2) is 0 Å². The van der Waals surface area contributed by atoms with E-state index in [1.165, 1.54) is 0 Å². The Kier molecular flexibility index (Phi) is 4.12. The van der Waals surface area contributed by atoms with E-state index < -0.39 is 0 Å². The molecule has 0 aliphatic carbocycles. The third-order valence-electron chi connectivity index (χ3n) is 3.27. The molecule has 1 aliphatic heterocycles. The standard InChI is InChI=1S/C15H14ClN3OS/c1-10-6-18-13(7-17-10)8-19-14(20)9-21-15(19)11-3-2-4-12(16)5-11/h2-7,15H,8-9H2,1H3. The number of nitrogens with zero attached hydrogens (tertiary/aromatic N) is 3. The normalized spacial score (nSPS) is 18.3. The van der Waals surface area contributed by atoms with E-state index in [0.717, 1.165) is 17.0 Å². The largest absolute Gasteiger partial charge is 0.320 e. The summed E-state index contributed by atoms with van der Waals surface area (Å²) >= 11 is 7.66. The Balaban J connectivity index is 1.84. The fraction of sp³-hybridized carbons (Fsp3) is 0.267. The molecule has 0 saturated carbocycles. The predicted octanol–water partition coefficient (Wildman–Crippen LogP) is 3.21. The summed E-state index contributed by atoms with van der Waals surface area (Å²) in [5, 5.41) is 0.668. The van der Waals surface area contributed by atoms with E-state index in [9.17, 15) is 4.79 Å². The Morgan fingerprint density at radius 3 is 2.95 bits per heavy atom. The maximum atomic E-state index is 12.1. The number of amides is 1. The summed E-state index contributed by atoms with van der Waals surface area (Å²) in [4.78, 5) is 22.5. The first-order chi connectivity index (χ1) is 10.1. The van der Waals surface area contributed by atoms with Gasteiger partial charge >= 0.3 is 0 Å². The fourth-order valence-electron chi connectivity index (χ4n) is 2.24. The summed E-state index contributed by atoms with van der Waals surface area (Å²) in [7, 11) is 0. The van der Waals surface area contributed by atoms with Crippen molar-refractivity contribution >= 4 is 29.3 Å². The van der Waals surface area contributed by atoms with Crippen molar-refractivity contribution in [3.05, 3.63) is 58.6 Å². The summed E-state index contributed by atoms with van der Waals surface area (Å²) in [5.74, 6) is 0.601. The van der Waals surface area contributed by atoms with Crippen molar-refractivity contribution in [1.29, 1.82) is 0 Å². The number of benzene rings is 1. The molecule has 4 nitrogen and oxygen atoms in total. The van der Waals surface area contributed by atoms with Gasteiger partial charge in [0.25, 0.3) is 0 Å². The van der Waals surface area contributed by atoms with Gasteiger partial charge < -0.3 is 4.90 Å². The molecule has 1 aromatic heterocycles. The molecule has 2 aromatic rings. The van der Waals surface area contributed by atoms with Gasteiger partial charge in [0.1, 0.15) is 5.37 Å². The molecular weight excluding hydrogens is 306 g/mol. The molecule has 1 aliphatic rings. The zero-order chi connectivity index (χ0) is 14.8. The second-order valence-electron chi connectivity index (χ2n) is 4.89. The van der Waals surface area contributed by atoms with Gasteiger partial charge in [0.15, 0.2) is 0 Å². The van der Waals surface area contributed by atoms with E-state index in [1.54, 1.807) is 24.2 Å². The van der Waals surface area contributed by atoms with Crippen molar-refractivity contribution < 1.29 is 4.79 Å². The van der Waals surface area contributed by atoms with Crippen LogP contribution >= 0.6 is 23.4 Å². The van der Waals surface area contributed by atoms with E-state index >= 15 is 0 Å². The fourth-order valence-corrected chi connectivity index (χ4v) is 3.61. The van der Waals surface area contributed by atoms with Gasteiger partial charge in [-0.15, -0.1) is 11.8 Å². The number of aryl methyl sites for hydroxylation is 1. The van der Waals surface area contributed by atoms with Crippen molar-refractivity contribution in [3.63, 3.8) is 0 Å². The number of halogens is 1. The monoisotopic (exact) mass is 319 g/mol. The molecule has 1 aromatic carbocycles. The van der Waals surface area contributed by atoms with Crippen LogP contribution in [0.15, 0.2) is 36.7 Å². The highest BCUT2D eigenvalue weighted by Gasteiger charge is 2.33. The van der Waals surface area contributed by atoms with Crippen LogP contribution in [0.2, 0.25) is 5.02 Å². The Labute approximate surface area is 132 Å². The van der Waals surface area contributed by atoms with Gasteiger partial charge in [0.05, 0.1) is 29.9 Å². The molecule has 0 radical (unpaired) electrons. The third-order valence-corrected chi connectivity index (χ3v) is 4.76. The second kappa shape index (κ2) is 6.03. The minimum Gasteiger partial charge on any atom is -0.320 e. The van der Waals surface area contributed by atoms with Gasteiger partial charge in [-0.05, 0) is 24.6 Å². The molecule has 21 heavy (non-hydrogen) atoms. The molecule has 1 atom stereocenters. The summed E-state index contributed by atoms with van der Waals surface area (Å²) in [6.45, 7) is 2.36. The van der Waals surface area contributed by atoms with Gasteiger partial charge in [-0.2, -0.15) is 0 Å². The van der Waals surface area contributed by atoms with Crippen molar-refractivity contribution in [1.82, 2.24) is 14.9 Å². The molecule has 1 amide bonds. The first-order valence-corrected chi connectivity index (χ1v) is 8.00. The van der Waals surface area contributed by atoms with E-state index in [2.05, 4.69) is 9.97 Å². The number of aromatic nitrogens is 2. The third kappa shape index (κ3) is 3.19. The van der Waals surface area contributed by atoms with Crippen LogP contribution in [-0.4, -0.2) is 26.5 Å². The Hall–Kier alpha value is -1.59. The molecule has 1 fully saturated rings. The Morgan fingerprint density at radius 1 is 1.38 bits per heavy atom. The molecule has 0 spiro atoms. The Bertz CT molecular complexity index is 662. The number of hydrogen-bond donors (Lipinski definition) is 0. The topological polar surface area (TPSA) is 46.1 Å². The molecule has 2 heterocycles. The van der Waals surface area contributed by atoms with Crippen LogP contribution in [0, 0.1) is 6.92 Å². The number of carbonyl (C=O) groups excluding carboxylic acids is 1. The van der Waals surface area contributed by atoms with E-state index in [0.29, 0.717) is 17.3 Å². The molecule has 0 bridgehead atoms. The summed E-state index contributed by atoms with van der Waals surface area (Å²) < 4.78 is 0. The summed E-state index contributed by atoms with van der Waals surface area (Å²) in [6.07, 6.45) is 3.44. The van der Waals surface area contributed by atoms with E-state index in [4.69, 9.17) is 11.6 Å². The molecule has 1 saturated heterocycles. The van der Waals surface area contributed by atoms with E-state index in [1.807, 2.05) is 36.1 Å². The molecule has 3 rings (SSSR count). The predicted molar refractivity (Wildman–Crippen MR) is 84.0 cm³/mol. The van der Waals surface area contributed by atoms with E-state index in [-0.39, 0.29) is 11.3 Å². The van der Waals surface area contributed by atoms with Crippen LogP contribution in [0.4, 0.5) is 0 Å². The molecule has 6 heteroatoms. The smallest absolute Gasteiger partial charge is 0.234 e. The van der Waals surface area contributed by atoms with Crippen LogP contribution in [0.5, 0.6) is 0 Å². The summed E-state index contributed by atoms with van der Waals surface area (Å²) in [5.41, 5.74) is 2.70. The number of rotatable bonds is 3. The van der Waals surface area contributed by atoms with Crippen LogP contribution < -0.4 is 0 Å². The van der Waals surface area contributed by atoms with Gasteiger partial charge in [-0.3, -0.25) is 14.8 Å². The quantitative estimate of drug-likeness (QED) is 0.871. The minimum absolute atomic E-state index is 0.0145. The van der Waals surface area contributed by atoms with Crippen molar-refractivity contribution in [3.8, 4) is 0 Å². The first-order valence-electron chi connectivity index (χ1n) is 6.57. The number of hydrogen-bond acceptors (Lipinski definition) is 4. The number of carbonyl (C=O) groups is 1. The molecule has 1 unspecified atom stereocenters. The average molecular weight is 320 g/mol. The van der Waals surface area contributed by atoms with Crippen LogP contribution in [0.25, 0.3) is 0 Å². The highest BCUT2D eigenvalue weighted by Crippen LogP contribution is 2.39. The zero-order valence-corrected chi connectivity index (χ0v) is 13.1. The lowest BCUT2D eigenvalue weighted by molar-refractivity contribution is -0.128. The Morgan fingerprint density at radius 2 is 2.24 bits per heavy atom. The zero-order valence-electron chi connectivity index (χ0n) is 11.5. The lowest BCUT2D eigenvalue weighted by atomic mass is 10.2. The minimum atomic E-state index is -0.0145. The SMILES string of the molecule is Cc1cnc(CN2C(=O)CSC2c2cccc(Cl)c2)cn1. The van der Waals surface area contributed by atoms with Crippen LogP contribution in [0.3, 0.4) is 0 Å². The molecular formula is C15H14ClN3OS. The molecule has 108 valence electrons. The first kappa shape index (κ1) is 14.4.